The maximum Gasteiger partial charge on any atom is 0.319 e. The third kappa shape index (κ3) is 4.12. The summed E-state index contributed by atoms with van der Waals surface area (Å²) in [6, 6.07) is 8.67. The first-order valence-electron chi connectivity index (χ1n) is 6.81. The van der Waals surface area contributed by atoms with Gasteiger partial charge in [-0.25, -0.2) is 4.79 Å². The van der Waals surface area contributed by atoms with Crippen molar-refractivity contribution in [2.24, 2.45) is 0 Å². The number of urea groups is 1. The zero-order valence-corrected chi connectivity index (χ0v) is 12.8. The monoisotopic (exact) mass is 301 g/mol. The zero-order chi connectivity index (χ0) is 15.9. The van der Waals surface area contributed by atoms with Crippen LogP contribution in [0.2, 0.25) is 0 Å². The second kappa shape index (κ2) is 7.31. The Bertz CT molecular complexity index is 659. The van der Waals surface area contributed by atoms with E-state index < -0.39 is 0 Å². The number of rotatable bonds is 5. The second-order valence-corrected chi connectivity index (χ2v) is 4.68. The molecule has 1 heterocycles. The first kappa shape index (κ1) is 15.6. The topological polar surface area (TPSA) is 72.5 Å². The summed E-state index contributed by atoms with van der Waals surface area (Å²) >= 11 is 0. The highest BCUT2D eigenvalue weighted by Gasteiger charge is 2.08. The zero-order valence-electron chi connectivity index (χ0n) is 12.8. The molecule has 2 rings (SSSR count). The van der Waals surface area contributed by atoms with Gasteiger partial charge in [0.2, 0.25) is 0 Å². The molecule has 6 nitrogen and oxygen atoms in total. The number of carbonyl (C=O) groups is 1. The van der Waals surface area contributed by atoms with Gasteiger partial charge in [0.1, 0.15) is 11.5 Å². The van der Waals surface area contributed by atoms with Crippen molar-refractivity contribution in [3.05, 3.63) is 47.8 Å². The second-order valence-electron chi connectivity index (χ2n) is 4.68. The number of anilines is 1. The summed E-state index contributed by atoms with van der Waals surface area (Å²) in [5.74, 6) is 1.21. The van der Waals surface area contributed by atoms with Crippen LogP contribution in [0, 0.1) is 6.92 Å². The number of pyridine rings is 1. The molecule has 0 spiro atoms. The predicted molar refractivity (Wildman–Crippen MR) is 84.4 cm³/mol. The van der Waals surface area contributed by atoms with Crippen LogP contribution >= 0.6 is 0 Å². The van der Waals surface area contributed by atoms with Gasteiger partial charge in [-0.3, -0.25) is 4.98 Å². The lowest BCUT2D eigenvalue weighted by Gasteiger charge is -2.12. The summed E-state index contributed by atoms with van der Waals surface area (Å²) in [7, 11) is 3.11. The van der Waals surface area contributed by atoms with Gasteiger partial charge in [0, 0.05) is 24.5 Å². The summed E-state index contributed by atoms with van der Waals surface area (Å²) in [6.07, 6.45) is 1.72. The lowest BCUT2D eigenvalue weighted by atomic mass is 10.2. The molecule has 0 saturated carbocycles. The lowest BCUT2D eigenvalue weighted by Crippen LogP contribution is -2.28. The van der Waals surface area contributed by atoms with Crippen LogP contribution in [-0.4, -0.2) is 25.2 Å². The van der Waals surface area contributed by atoms with E-state index in [1.807, 2.05) is 19.1 Å². The fraction of sp³-hybridized carbons (Fsp3) is 0.250. The van der Waals surface area contributed by atoms with Crippen molar-refractivity contribution in [1.82, 2.24) is 10.3 Å². The van der Waals surface area contributed by atoms with Gasteiger partial charge in [0.25, 0.3) is 0 Å². The summed E-state index contributed by atoms with van der Waals surface area (Å²) in [4.78, 5) is 16.1. The van der Waals surface area contributed by atoms with Crippen LogP contribution in [0.4, 0.5) is 10.5 Å². The first-order valence-corrected chi connectivity index (χ1v) is 6.81. The van der Waals surface area contributed by atoms with E-state index in [-0.39, 0.29) is 6.03 Å². The van der Waals surface area contributed by atoms with E-state index in [1.54, 1.807) is 38.6 Å². The number of aryl methyl sites for hydroxylation is 1. The quantitative estimate of drug-likeness (QED) is 0.890. The molecule has 0 fully saturated rings. The van der Waals surface area contributed by atoms with Gasteiger partial charge in [-0.15, -0.1) is 0 Å². The predicted octanol–water partition coefficient (Wildman–Crippen LogP) is 2.73. The normalized spacial score (nSPS) is 9.95. The van der Waals surface area contributed by atoms with Crippen LogP contribution < -0.4 is 20.1 Å². The molecule has 0 aliphatic heterocycles. The average molecular weight is 301 g/mol. The number of hydrogen-bond acceptors (Lipinski definition) is 4. The van der Waals surface area contributed by atoms with Crippen LogP contribution in [0.15, 0.2) is 36.5 Å². The van der Waals surface area contributed by atoms with E-state index in [4.69, 9.17) is 9.47 Å². The third-order valence-corrected chi connectivity index (χ3v) is 3.07. The van der Waals surface area contributed by atoms with Crippen molar-refractivity contribution < 1.29 is 14.3 Å². The minimum Gasteiger partial charge on any atom is -0.497 e. The number of ether oxygens (including phenoxy) is 2. The highest BCUT2D eigenvalue weighted by Crippen LogP contribution is 2.28. The summed E-state index contributed by atoms with van der Waals surface area (Å²) < 4.78 is 10.4. The van der Waals surface area contributed by atoms with E-state index in [0.717, 1.165) is 11.3 Å². The van der Waals surface area contributed by atoms with Crippen LogP contribution in [0.1, 0.15) is 11.3 Å². The molecule has 0 bridgehead atoms. The number of carbonyl (C=O) groups excluding carboxylic acids is 1. The van der Waals surface area contributed by atoms with Crippen LogP contribution in [0.25, 0.3) is 0 Å². The molecule has 0 saturated heterocycles. The van der Waals surface area contributed by atoms with E-state index in [9.17, 15) is 4.79 Å². The van der Waals surface area contributed by atoms with E-state index in [0.29, 0.717) is 23.7 Å². The summed E-state index contributed by atoms with van der Waals surface area (Å²) in [5.41, 5.74) is 2.44. The van der Waals surface area contributed by atoms with Crippen molar-refractivity contribution in [3.8, 4) is 11.5 Å². The van der Waals surface area contributed by atoms with Crippen molar-refractivity contribution in [2.45, 2.75) is 13.5 Å². The molecule has 1 aromatic heterocycles. The Morgan fingerprint density at radius 3 is 2.68 bits per heavy atom. The highest BCUT2D eigenvalue weighted by atomic mass is 16.5. The maximum atomic E-state index is 12.0. The van der Waals surface area contributed by atoms with Crippen LogP contribution in [0.5, 0.6) is 11.5 Å². The Morgan fingerprint density at radius 2 is 2.00 bits per heavy atom. The smallest absolute Gasteiger partial charge is 0.319 e. The fourth-order valence-electron chi connectivity index (χ4n) is 1.97. The molecule has 1 aromatic carbocycles. The molecule has 2 N–H and O–H groups in total. The maximum absolute atomic E-state index is 12.0. The van der Waals surface area contributed by atoms with Gasteiger partial charge in [-0.1, -0.05) is 0 Å². The summed E-state index contributed by atoms with van der Waals surface area (Å²) in [6.45, 7) is 2.33. The highest BCUT2D eigenvalue weighted by molar-refractivity contribution is 5.91. The Kier molecular flexibility index (Phi) is 5.19. The van der Waals surface area contributed by atoms with Crippen molar-refractivity contribution >= 4 is 11.7 Å². The van der Waals surface area contributed by atoms with Gasteiger partial charge in [-0.05, 0) is 36.8 Å². The van der Waals surface area contributed by atoms with Gasteiger partial charge in [0.05, 0.1) is 19.9 Å². The molecule has 6 heteroatoms. The molecular weight excluding hydrogens is 282 g/mol. The number of aromatic nitrogens is 1. The van der Waals surface area contributed by atoms with Crippen molar-refractivity contribution in [1.29, 1.82) is 0 Å². The molecular formula is C16H19N3O3. The van der Waals surface area contributed by atoms with E-state index in [2.05, 4.69) is 15.6 Å². The Morgan fingerprint density at radius 1 is 1.18 bits per heavy atom. The molecule has 116 valence electrons. The third-order valence-electron chi connectivity index (χ3n) is 3.07. The van der Waals surface area contributed by atoms with Crippen molar-refractivity contribution in [2.75, 3.05) is 19.5 Å². The number of nitrogens with zero attached hydrogens (tertiary/aromatic N) is 1. The molecule has 2 amide bonds. The van der Waals surface area contributed by atoms with Crippen molar-refractivity contribution in [3.63, 3.8) is 0 Å². The lowest BCUT2D eigenvalue weighted by molar-refractivity contribution is 0.251. The van der Waals surface area contributed by atoms with Gasteiger partial charge in [0.15, 0.2) is 0 Å². The van der Waals surface area contributed by atoms with E-state index >= 15 is 0 Å². The number of nitrogens with one attached hydrogen (secondary N) is 2. The minimum absolute atomic E-state index is 0.319. The molecule has 0 unspecified atom stereocenters. The molecule has 0 aliphatic rings. The van der Waals surface area contributed by atoms with Crippen LogP contribution in [-0.2, 0) is 6.54 Å². The largest absolute Gasteiger partial charge is 0.497 e. The molecule has 2 aromatic rings. The Labute approximate surface area is 129 Å². The summed E-state index contributed by atoms with van der Waals surface area (Å²) in [5, 5.41) is 5.54. The molecule has 22 heavy (non-hydrogen) atoms. The molecule has 0 aliphatic carbocycles. The number of benzene rings is 1. The first-order chi connectivity index (χ1) is 10.6. The number of amides is 2. The average Bonchev–Trinajstić information content (AvgIpc) is 2.53. The number of methoxy groups -OCH3 is 2. The Balaban J connectivity index is 1.99. The van der Waals surface area contributed by atoms with Gasteiger partial charge in [-0.2, -0.15) is 0 Å². The fourth-order valence-corrected chi connectivity index (χ4v) is 1.97. The Hall–Kier alpha value is -2.76. The number of hydrogen-bond donors (Lipinski definition) is 2. The van der Waals surface area contributed by atoms with Crippen LogP contribution in [0.3, 0.4) is 0 Å². The molecule has 0 atom stereocenters. The SMILES string of the molecule is COc1ccc(OC)c(NC(=O)NCc2ccnc(C)c2)c1. The minimum atomic E-state index is -0.319. The van der Waals surface area contributed by atoms with Gasteiger partial charge >= 0.3 is 6.03 Å². The van der Waals surface area contributed by atoms with Gasteiger partial charge < -0.3 is 20.1 Å². The standard InChI is InChI=1S/C16H19N3O3/c1-11-8-12(6-7-17-11)10-18-16(20)19-14-9-13(21-2)4-5-15(14)22-3/h4-9H,10H2,1-3H3,(H2,18,19,20). The van der Waals surface area contributed by atoms with E-state index in [1.165, 1.54) is 0 Å². The molecule has 0 radical (unpaired) electrons.